The Balaban J connectivity index is 1.57. The standard InChI is InChI=1S/C24H25N3O8/c1-33-14-4-5-15(19(10-14)34-2)13-3-6-17-16(9-13)24(32)27-8-7-18(22(27)23(31)26-17)25-20(28)11-35-12-21(29)30/h3-6,9-10,18,22H,7-8,11-12H2,1-2H3,(H,25,28)(H,26,31)(H,29,30). The Morgan fingerprint density at radius 1 is 1.09 bits per heavy atom. The highest BCUT2D eigenvalue weighted by molar-refractivity contribution is 6.11. The monoisotopic (exact) mass is 483 g/mol. The summed E-state index contributed by atoms with van der Waals surface area (Å²) in [6.45, 7) is -0.797. The van der Waals surface area contributed by atoms with E-state index in [2.05, 4.69) is 10.6 Å². The lowest BCUT2D eigenvalue weighted by Gasteiger charge is -2.25. The quantitative estimate of drug-likeness (QED) is 0.507. The third-order valence-electron chi connectivity index (χ3n) is 5.96. The van der Waals surface area contributed by atoms with Crippen molar-refractivity contribution in [2.75, 3.05) is 39.3 Å². The third-order valence-corrected chi connectivity index (χ3v) is 5.96. The maximum absolute atomic E-state index is 13.5. The minimum atomic E-state index is -1.19. The summed E-state index contributed by atoms with van der Waals surface area (Å²) in [5.74, 6) is -1.30. The van der Waals surface area contributed by atoms with Crippen molar-refractivity contribution in [3.63, 3.8) is 0 Å². The van der Waals surface area contributed by atoms with Gasteiger partial charge in [0.2, 0.25) is 11.8 Å². The maximum atomic E-state index is 13.5. The average Bonchev–Trinajstić information content (AvgIpc) is 3.22. The fourth-order valence-corrected chi connectivity index (χ4v) is 4.37. The number of carbonyl (C=O) groups is 4. The van der Waals surface area contributed by atoms with E-state index in [9.17, 15) is 19.2 Å². The largest absolute Gasteiger partial charge is 0.497 e. The van der Waals surface area contributed by atoms with Crippen molar-refractivity contribution in [2.45, 2.75) is 18.5 Å². The molecule has 0 spiro atoms. The summed E-state index contributed by atoms with van der Waals surface area (Å²) in [4.78, 5) is 50.7. The van der Waals surface area contributed by atoms with Crippen LogP contribution in [0.4, 0.5) is 5.69 Å². The summed E-state index contributed by atoms with van der Waals surface area (Å²) in [5, 5.41) is 14.1. The van der Waals surface area contributed by atoms with Crippen LogP contribution in [-0.4, -0.2) is 79.8 Å². The Labute approximate surface area is 200 Å². The number of anilines is 1. The number of nitrogens with one attached hydrogen (secondary N) is 2. The first-order valence-corrected chi connectivity index (χ1v) is 10.9. The molecule has 0 saturated carbocycles. The first-order valence-electron chi connectivity index (χ1n) is 10.9. The molecule has 2 aliphatic rings. The zero-order chi connectivity index (χ0) is 25.1. The molecule has 3 amide bonds. The van der Waals surface area contributed by atoms with Crippen LogP contribution in [-0.2, 0) is 19.1 Å². The molecule has 2 unspecified atom stereocenters. The van der Waals surface area contributed by atoms with Gasteiger partial charge in [0.15, 0.2) is 0 Å². The van der Waals surface area contributed by atoms with E-state index < -0.39 is 43.1 Å². The molecular weight excluding hydrogens is 458 g/mol. The molecule has 0 radical (unpaired) electrons. The van der Waals surface area contributed by atoms with Crippen molar-refractivity contribution in [1.29, 1.82) is 0 Å². The van der Waals surface area contributed by atoms with Gasteiger partial charge in [0.05, 0.1) is 31.5 Å². The summed E-state index contributed by atoms with van der Waals surface area (Å²) in [7, 11) is 3.10. The predicted octanol–water partition coefficient (Wildman–Crippen LogP) is 1.12. The Kier molecular flexibility index (Phi) is 6.87. The Morgan fingerprint density at radius 3 is 2.60 bits per heavy atom. The van der Waals surface area contributed by atoms with Crippen molar-refractivity contribution < 1.29 is 38.5 Å². The van der Waals surface area contributed by atoms with E-state index in [1.165, 1.54) is 4.90 Å². The summed E-state index contributed by atoms with van der Waals surface area (Å²) < 4.78 is 15.5. The molecule has 35 heavy (non-hydrogen) atoms. The highest BCUT2D eigenvalue weighted by Gasteiger charge is 2.45. The van der Waals surface area contributed by atoms with E-state index >= 15 is 0 Å². The smallest absolute Gasteiger partial charge is 0.329 e. The van der Waals surface area contributed by atoms with Gasteiger partial charge in [-0.2, -0.15) is 0 Å². The number of ether oxygens (including phenoxy) is 3. The number of hydrogen-bond acceptors (Lipinski definition) is 7. The molecule has 2 atom stereocenters. The van der Waals surface area contributed by atoms with Gasteiger partial charge in [-0.05, 0) is 36.2 Å². The van der Waals surface area contributed by atoms with Gasteiger partial charge in [-0.25, -0.2) is 4.79 Å². The molecule has 4 rings (SSSR count). The van der Waals surface area contributed by atoms with Gasteiger partial charge < -0.3 is 34.9 Å². The summed E-state index contributed by atoms with van der Waals surface area (Å²) in [6, 6.07) is 8.98. The van der Waals surface area contributed by atoms with Gasteiger partial charge in [0, 0.05) is 18.2 Å². The molecule has 2 aliphatic heterocycles. The Bertz CT molecular complexity index is 1180. The van der Waals surface area contributed by atoms with Crippen LogP contribution in [0.25, 0.3) is 11.1 Å². The number of methoxy groups -OCH3 is 2. The number of carboxylic acids is 1. The minimum Gasteiger partial charge on any atom is -0.497 e. The molecule has 1 saturated heterocycles. The summed E-state index contributed by atoms with van der Waals surface area (Å²) in [5.41, 5.74) is 2.18. The predicted molar refractivity (Wildman–Crippen MR) is 123 cm³/mol. The topological polar surface area (TPSA) is 144 Å². The van der Waals surface area contributed by atoms with Crippen LogP contribution in [0, 0.1) is 0 Å². The fourth-order valence-electron chi connectivity index (χ4n) is 4.37. The van der Waals surface area contributed by atoms with Crippen molar-refractivity contribution >= 4 is 29.4 Å². The third kappa shape index (κ3) is 4.90. The molecule has 0 bridgehead atoms. The van der Waals surface area contributed by atoms with E-state index in [4.69, 9.17) is 19.3 Å². The fraction of sp³-hybridized carbons (Fsp3) is 0.333. The number of aliphatic carboxylic acids is 1. The second-order valence-electron chi connectivity index (χ2n) is 8.11. The van der Waals surface area contributed by atoms with Gasteiger partial charge in [-0.1, -0.05) is 6.07 Å². The van der Waals surface area contributed by atoms with Crippen LogP contribution in [0.1, 0.15) is 16.8 Å². The Morgan fingerprint density at radius 2 is 1.89 bits per heavy atom. The molecule has 2 aromatic carbocycles. The molecule has 3 N–H and O–H groups in total. The molecular formula is C24H25N3O8. The average molecular weight is 483 g/mol. The molecule has 2 aromatic rings. The number of benzene rings is 2. The van der Waals surface area contributed by atoms with E-state index in [0.717, 1.165) is 11.1 Å². The second-order valence-corrected chi connectivity index (χ2v) is 8.11. The molecule has 11 nitrogen and oxygen atoms in total. The van der Waals surface area contributed by atoms with Crippen molar-refractivity contribution in [1.82, 2.24) is 10.2 Å². The summed E-state index contributed by atoms with van der Waals surface area (Å²) >= 11 is 0. The van der Waals surface area contributed by atoms with E-state index in [1.807, 2.05) is 6.07 Å². The van der Waals surface area contributed by atoms with E-state index in [0.29, 0.717) is 29.2 Å². The molecule has 0 aliphatic carbocycles. The zero-order valence-corrected chi connectivity index (χ0v) is 19.2. The van der Waals surface area contributed by atoms with Gasteiger partial charge >= 0.3 is 5.97 Å². The van der Waals surface area contributed by atoms with Crippen LogP contribution in [0.15, 0.2) is 36.4 Å². The highest BCUT2D eigenvalue weighted by atomic mass is 16.5. The van der Waals surface area contributed by atoms with Gasteiger partial charge in [-0.15, -0.1) is 0 Å². The molecule has 1 fully saturated rings. The lowest BCUT2D eigenvalue weighted by molar-refractivity contribution is -0.143. The first-order chi connectivity index (χ1) is 16.8. The number of hydrogen-bond donors (Lipinski definition) is 3. The highest BCUT2D eigenvalue weighted by Crippen LogP contribution is 2.37. The van der Waals surface area contributed by atoms with E-state index in [1.54, 1.807) is 44.6 Å². The van der Waals surface area contributed by atoms with E-state index in [-0.39, 0.29) is 12.5 Å². The summed E-state index contributed by atoms with van der Waals surface area (Å²) in [6.07, 6.45) is 0.371. The molecule has 11 heteroatoms. The lowest BCUT2D eigenvalue weighted by atomic mass is 10.00. The van der Waals surface area contributed by atoms with Crippen molar-refractivity contribution in [3.8, 4) is 22.6 Å². The first kappa shape index (κ1) is 24.0. The molecule has 0 aromatic heterocycles. The number of carbonyl (C=O) groups excluding carboxylic acids is 3. The lowest BCUT2D eigenvalue weighted by Crippen LogP contribution is -2.52. The van der Waals surface area contributed by atoms with Gasteiger partial charge in [0.25, 0.3) is 5.91 Å². The van der Waals surface area contributed by atoms with Gasteiger partial charge in [-0.3, -0.25) is 14.4 Å². The van der Waals surface area contributed by atoms with Crippen molar-refractivity contribution in [2.24, 2.45) is 0 Å². The van der Waals surface area contributed by atoms with Crippen molar-refractivity contribution in [3.05, 3.63) is 42.0 Å². The van der Waals surface area contributed by atoms with Gasteiger partial charge in [0.1, 0.15) is 30.8 Å². The maximum Gasteiger partial charge on any atom is 0.329 e. The number of nitrogens with zero attached hydrogens (tertiary/aromatic N) is 1. The molecule has 184 valence electrons. The van der Waals surface area contributed by atoms with Crippen LogP contribution in [0.3, 0.4) is 0 Å². The zero-order valence-electron chi connectivity index (χ0n) is 19.2. The van der Waals surface area contributed by atoms with Crippen LogP contribution in [0.5, 0.6) is 11.5 Å². The SMILES string of the molecule is COc1ccc(-c2ccc3c(c2)C(=O)N2CCC(NC(=O)COCC(=O)O)C2C(=O)N3)c(OC)c1. The normalized spacial score (nSPS) is 18.7. The van der Waals surface area contributed by atoms with Crippen LogP contribution < -0.4 is 20.1 Å². The number of rotatable bonds is 8. The number of fused-ring (bicyclic) bond motifs is 2. The Hall–Kier alpha value is -4.12. The molecule has 2 heterocycles. The number of amides is 3. The minimum absolute atomic E-state index is 0.271. The second kappa shape index (κ2) is 10.0. The number of carboxylic acid groups (broad SMARTS) is 1. The van der Waals surface area contributed by atoms with Crippen LogP contribution in [0.2, 0.25) is 0 Å². The van der Waals surface area contributed by atoms with Crippen LogP contribution >= 0.6 is 0 Å².